The number of benzene rings is 1. The van der Waals surface area contributed by atoms with E-state index in [1.807, 2.05) is 6.92 Å². The highest BCUT2D eigenvalue weighted by Crippen LogP contribution is 2.49. The quantitative estimate of drug-likeness (QED) is 0.317. The predicted molar refractivity (Wildman–Crippen MR) is 133 cm³/mol. The van der Waals surface area contributed by atoms with Crippen molar-refractivity contribution in [1.29, 1.82) is 0 Å². The van der Waals surface area contributed by atoms with Gasteiger partial charge in [0.1, 0.15) is 10.7 Å². The fraction of sp³-hybridized carbons (Fsp3) is 0.500. The monoisotopic (exact) mass is 544 g/mol. The van der Waals surface area contributed by atoms with Gasteiger partial charge in [0.15, 0.2) is 9.84 Å². The van der Waals surface area contributed by atoms with Gasteiger partial charge in [0, 0.05) is 36.3 Å². The topological polar surface area (TPSA) is 88.4 Å². The lowest BCUT2D eigenvalue weighted by atomic mass is 9.71. The van der Waals surface area contributed by atoms with Gasteiger partial charge in [-0.2, -0.15) is 13.2 Å². The second-order valence-electron chi connectivity index (χ2n) is 9.50. The number of aliphatic hydroxyl groups excluding tert-OH is 1. The Morgan fingerprint density at radius 3 is 2.54 bits per heavy atom. The first-order valence-electron chi connectivity index (χ1n) is 12.1. The first-order valence-corrected chi connectivity index (χ1v) is 14.0. The van der Waals surface area contributed by atoms with Gasteiger partial charge in [-0.05, 0) is 49.4 Å². The van der Waals surface area contributed by atoms with Gasteiger partial charge in [0.2, 0.25) is 0 Å². The van der Waals surface area contributed by atoms with Crippen molar-refractivity contribution < 1.29 is 35.9 Å². The molecule has 11 heteroatoms. The standard InChI is InChI=1S/C26H32F4N2O4S/c1-4-5-7-17-8-6-9-19(23(17)26(28,29)30)24-16(2)20(15-32(24)12-13-33)25(34)31-18-10-11-22(21(27)14-18)37(3,35)36/h6,9-11,14-15,17,19,23,33H,4-5,7-8,12-13H2,1-3H3,(H,31,34)/t17?,19-,23+/m1/s1. The van der Waals surface area contributed by atoms with Crippen LogP contribution in [0.4, 0.5) is 23.2 Å². The molecule has 1 aliphatic carbocycles. The molecule has 0 saturated carbocycles. The molecule has 1 amide bonds. The van der Waals surface area contributed by atoms with Gasteiger partial charge in [-0.3, -0.25) is 4.79 Å². The molecule has 1 aromatic carbocycles. The molecule has 37 heavy (non-hydrogen) atoms. The molecule has 1 heterocycles. The Labute approximate surface area is 214 Å². The number of amides is 1. The summed E-state index contributed by atoms with van der Waals surface area (Å²) in [6, 6.07) is 3.14. The number of aromatic nitrogens is 1. The minimum absolute atomic E-state index is 0.00359. The van der Waals surface area contributed by atoms with E-state index in [9.17, 15) is 35.9 Å². The van der Waals surface area contributed by atoms with Crippen LogP contribution in [0.1, 0.15) is 60.1 Å². The lowest BCUT2D eigenvalue weighted by Gasteiger charge is -2.37. The Morgan fingerprint density at radius 2 is 1.97 bits per heavy atom. The van der Waals surface area contributed by atoms with Crippen LogP contribution in [-0.4, -0.2) is 43.0 Å². The maximum absolute atomic E-state index is 14.4. The van der Waals surface area contributed by atoms with Gasteiger partial charge < -0.3 is 15.0 Å². The van der Waals surface area contributed by atoms with Crippen molar-refractivity contribution in [3.63, 3.8) is 0 Å². The van der Waals surface area contributed by atoms with Crippen molar-refractivity contribution in [2.24, 2.45) is 11.8 Å². The van der Waals surface area contributed by atoms with Crippen LogP contribution in [0.5, 0.6) is 0 Å². The summed E-state index contributed by atoms with van der Waals surface area (Å²) in [6.07, 6.45) is 3.31. The van der Waals surface area contributed by atoms with Gasteiger partial charge in [0.05, 0.1) is 18.1 Å². The minimum atomic E-state index is -4.46. The number of nitrogens with zero attached hydrogens (tertiary/aromatic N) is 1. The lowest BCUT2D eigenvalue weighted by Crippen LogP contribution is -2.37. The van der Waals surface area contributed by atoms with Crippen molar-refractivity contribution in [2.45, 2.75) is 63.1 Å². The van der Waals surface area contributed by atoms with Crippen LogP contribution in [0, 0.1) is 24.6 Å². The zero-order chi connectivity index (χ0) is 27.5. The average molecular weight is 545 g/mol. The number of allylic oxidation sites excluding steroid dienone is 2. The molecule has 1 aromatic heterocycles. The van der Waals surface area contributed by atoms with E-state index in [2.05, 4.69) is 5.32 Å². The van der Waals surface area contributed by atoms with E-state index in [0.717, 1.165) is 24.8 Å². The summed E-state index contributed by atoms with van der Waals surface area (Å²) in [6.45, 7) is 3.14. The molecular weight excluding hydrogens is 512 g/mol. The molecule has 2 aromatic rings. The Morgan fingerprint density at radius 1 is 1.27 bits per heavy atom. The van der Waals surface area contributed by atoms with E-state index in [1.54, 1.807) is 13.0 Å². The average Bonchev–Trinajstić information content (AvgIpc) is 3.12. The minimum Gasteiger partial charge on any atom is -0.395 e. The maximum atomic E-state index is 14.4. The summed E-state index contributed by atoms with van der Waals surface area (Å²) >= 11 is 0. The normalized spacial score (nSPS) is 20.3. The van der Waals surface area contributed by atoms with E-state index >= 15 is 0 Å². The molecule has 0 spiro atoms. The van der Waals surface area contributed by atoms with Crippen molar-refractivity contribution >= 4 is 21.4 Å². The molecular formula is C26H32F4N2O4S. The van der Waals surface area contributed by atoms with Crippen molar-refractivity contribution in [2.75, 3.05) is 18.2 Å². The van der Waals surface area contributed by atoms with Crippen molar-refractivity contribution in [3.05, 3.63) is 59.2 Å². The molecule has 3 atom stereocenters. The number of unbranched alkanes of at least 4 members (excludes halogenated alkanes) is 1. The summed E-state index contributed by atoms with van der Waals surface area (Å²) < 4.78 is 82.2. The number of aliphatic hydroxyl groups is 1. The summed E-state index contributed by atoms with van der Waals surface area (Å²) in [7, 11) is -3.80. The fourth-order valence-corrected chi connectivity index (χ4v) is 5.90. The molecule has 0 aliphatic heterocycles. The van der Waals surface area contributed by atoms with Crippen LogP contribution in [0.2, 0.25) is 0 Å². The lowest BCUT2D eigenvalue weighted by molar-refractivity contribution is -0.194. The molecule has 0 bridgehead atoms. The number of carbonyl (C=O) groups excluding carboxylic acids is 1. The first-order chi connectivity index (χ1) is 17.3. The Kier molecular flexibility index (Phi) is 8.89. The molecule has 3 rings (SSSR count). The summed E-state index contributed by atoms with van der Waals surface area (Å²) in [5, 5.41) is 12.1. The Bertz CT molecular complexity index is 1270. The molecule has 204 valence electrons. The van der Waals surface area contributed by atoms with Gasteiger partial charge >= 0.3 is 6.18 Å². The molecule has 0 fully saturated rings. The Balaban J connectivity index is 2.00. The fourth-order valence-electron chi connectivity index (χ4n) is 5.17. The number of halogens is 4. The number of hydrogen-bond acceptors (Lipinski definition) is 4. The third-order valence-corrected chi connectivity index (χ3v) is 7.99. The van der Waals surface area contributed by atoms with Gasteiger partial charge in [0.25, 0.3) is 5.91 Å². The highest BCUT2D eigenvalue weighted by atomic mass is 32.2. The Hall–Kier alpha value is -2.66. The molecule has 6 nitrogen and oxygen atoms in total. The number of nitrogens with one attached hydrogen (secondary N) is 1. The highest BCUT2D eigenvalue weighted by Gasteiger charge is 2.50. The number of carbonyl (C=O) groups is 1. The largest absolute Gasteiger partial charge is 0.395 e. The molecule has 0 radical (unpaired) electrons. The van der Waals surface area contributed by atoms with E-state index in [4.69, 9.17) is 0 Å². The smallest absolute Gasteiger partial charge is 0.393 e. The SMILES string of the molecule is CCCCC1CC=C[C@@H](c2c(C)c(C(=O)Nc3ccc(S(C)(=O)=O)c(F)c3)cn2CCO)[C@H]1C(F)(F)F. The van der Waals surface area contributed by atoms with Crippen LogP contribution in [0.15, 0.2) is 41.4 Å². The van der Waals surface area contributed by atoms with Crippen LogP contribution < -0.4 is 5.32 Å². The van der Waals surface area contributed by atoms with Gasteiger partial charge in [-0.1, -0.05) is 31.9 Å². The first kappa shape index (κ1) is 28.9. The number of hydrogen-bond donors (Lipinski definition) is 2. The van der Waals surface area contributed by atoms with Crippen LogP contribution in [0.3, 0.4) is 0 Å². The number of rotatable bonds is 9. The zero-order valence-electron chi connectivity index (χ0n) is 21.0. The van der Waals surface area contributed by atoms with Crippen LogP contribution in [-0.2, 0) is 16.4 Å². The van der Waals surface area contributed by atoms with E-state index in [0.29, 0.717) is 30.5 Å². The van der Waals surface area contributed by atoms with Crippen LogP contribution in [0.25, 0.3) is 0 Å². The van der Waals surface area contributed by atoms with E-state index in [1.165, 1.54) is 22.9 Å². The highest BCUT2D eigenvalue weighted by molar-refractivity contribution is 7.90. The molecule has 1 unspecified atom stereocenters. The van der Waals surface area contributed by atoms with Crippen molar-refractivity contribution in [3.8, 4) is 0 Å². The van der Waals surface area contributed by atoms with Gasteiger partial charge in [-0.15, -0.1) is 0 Å². The van der Waals surface area contributed by atoms with E-state index < -0.39 is 50.4 Å². The summed E-state index contributed by atoms with van der Waals surface area (Å²) in [5.74, 6) is -4.99. The third kappa shape index (κ3) is 6.43. The second-order valence-corrected chi connectivity index (χ2v) is 11.5. The number of anilines is 1. The molecule has 2 N–H and O–H groups in total. The third-order valence-electron chi connectivity index (χ3n) is 6.86. The van der Waals surface area contributed by atoms with Crippen LogP contribution >= 0.6 is 0 Å². The molecule has 1 aliphatic rings. The predicted octanol–water partition coefficient (Wildman–Crippen LogP) is 5.61. The number of alkyl halides is 3. The van der Waals surface area contributed by atoms with E-state index in [-0.39, 0.29) is 24.4 Å². The number of sulfone groups is 1. The summed E-state index contributed by atoms with van der Waals surface area (Å²) in [4.78, 5) is 12.6. The zero-order valence-corrected chi connectivity index (χ0v) is 21.8. The molecule has 0 saturated heterocycles. The second kappa shape index (κ2) is 11.4. The van der Waals surface area contributed by atoms with Gasteiger partial charge in [-0.25, -0.2) is 12.8 Å². The summed E-state index contributed by atoms with van der Waals surface area (Å²) in [5.41, 5.74) is 0.717. The maximum Gasteiger partial charge on any atom is 0.393 e. The van der Waals surface area contributed by atoms with Crippen molar-refractivity contribution in [1.82, 2.24) is 4.57 Å².